The fourth-order valence-corrected chi connectivity index (χ4v) is 4.83. The summed E-state index contributed by atoms with van der Waals surface area (Å²) in [6, 6.07) is -0.552. The lowest BCUT2D eigenvalue weighted by atomic mass is 9.90. The molecule has 1 spiro atoms. The van der Waals surface area contributed by atoms with Crippen molar-refractivity contribution in [3.63, 3.8) is 0 Å². The van der Waals surface area contributed by atoms with Crippen LogP contribution in [0.4, 0.5) is 4.79 Å². The third-order valence-electron chi connectivity index (χ3n) is 6.43. The Morgan fingerprint density at radius 1 is 1.21 bits per heavy atom. The van der Waals surface area contributed by atoms with Crippen LogP contribution in [0, 0.1) is 5.92 Å². The van der Waals surface area contributed by atoms with Crippen molar-refractivity contribution in [2.75, 3.05) is 39.4 Å². The number of amides is 5. The van der Waals surface area contributed by atoms with Crippen LogP contribution in [0.25, 0.3) is 0 Å². The van der Waals surface area contributed by atoms with Crippen LogP contribution in [-0.2, 0) is 19.1 Å². The van der Waals surface area contributed by atoms with Gasteiger partial charge in [0.1, 0.15) is 12.1 Å². The van der Waals surface area contributed by atoms with Crippen molar-refractivity contribution < 1.29 is 23.9 Å². The molecule has 4 rings (SSSR count). The van der Waals surface area contributed by atoms with Gasteiger partial charge >= 0.3 is 6.03 Å². The van der Waals surface area contributed by atoms with Gasteiger partial charge in [-0.2, -0.15) is 0 Å². The lowest BCUT2D eigenvalue weighted by Crippen LogP contribution is -2.51. The topological polar surface area (TPSA) is 99.3 Å². The van der Waals surface area contributed by atoms with Crippen molar-refractivity contribution in [3.05, 3.63) is 12.7 Å². The third-order valence-corrected chi connectivity index (χ3v) is 6.43. The predicted octanol–water partition coefficient (Wildman–Crippen LogP) is -0.277. The number of hydrogen-bond acceptors (Lipinski definition) is 5. The smallest absolute Gasteiger partial charge is 0.325 e. The maximum Gasteiger partial charge on any atom is 0.325 e. The zero-order chi connectivity index (χ0) is 19.9. The van der Waals surface area contributed by atoms with Gasteiger partial charge < -0.3 is 19.9 Å². The van der Waals surface area contributed by atoms with Crippen molar-refractivity contribution >= 4 is 23.8 Å². The van der Waals surface area contributed by atoms with E-state index >= 15 is 0 Å². The molecule has 2 atom stereocenters. The summed E-state index contributed by atoms with van der Waals surface area (Å²) in [4.78, 5) is 54.8. The molecule has 4 aliphatic rings. The van der Waals surface area contributed by atoms with Gasteiger partial charge in [0, 0.05) is 58.0 Å². The molecule has 0 radical (unpaired) electrons. The number of nitrogens with one attached hydrogen (secondary N) is 1. The second-order valence-electron chi connectivity index (χ2n) is 8.01. The van der Waals surface area contributed by atoms with Gasteiger partial charge in [0.25, 0.3) is 5.91 Å². The van der Waals surface area contributed by atoms with E-state index in [1.54, 1.807) is 15.9 Å². The van der Waals surface area contributed by atoms with Crippen LogP contribution in [0.3, 0.4) is 0 Å². The number of fused-ring (bicyclic) bond motifs is 1. The summed E-state index contributed by atoms with van der Waals surface area (Å²) in [7, 11) is 0. The predicted molar refractivity (Wildman–Crippen MR) is 98.0 cm³/mol. The van der Waals surface area contributed by atoms with Crippen LogP contribution >= 0.6 is 0 Å². The highest BCUT2D eigenvalue weighted by Crippen LogP contribution is 2.33. The average molecular weight is 390 g/mol. The molecule has 5 amide bonds. The van der Waals surface area contributed by atoms with Gasteiger partial charge in [-0.25, -0.2) is 4.79 Å². The number of likely N-dealkylation sites (tertiary alicyclic amines) is 2. The van der Waals surface area contributed by atoms with Gasteiger partial charge in [-0.15, -0.1) is 6.58 Å². The molecule has 9 nitrogen and oxygen atoms in total. The normalized spacial score (nSPS) is 28.6. The summed E-state index contributed by atoms with van der Waals surface area (Å²) in [6.45, 7) is 5.93. The van der Waals surface area contributed by atoms with Gasteiger partial charge in [0.2, 0.25) is 11.8 Å². The van der Waals surface area contributed by atoms with Crippen molar-refractivity contribution in [2.45, 2.75) is 37.3 Å². The minimum Gasteiger partial charge on any atom is -0.381 e. The molecule has 152 valence electrons. The first kappa shape index (κ1) is 18.9. The quantitative estimate of drug-likeness (QED) is 0.526. The van der Waals surface area contributed by atoms with Gasteiger partial charge in [-0.3, -0.25) is 19.3 Å². The molecule has 9 heteroatoms. The number of carbonyl (C=O) groups excluding carboxylic acids is 4. The Kier molecular flexibility index (Phi) is 4.86. The van der Waals surface area contributed by atoms with Crippen LogP contribution in [0.5, 0.6) is 0 Å². The second-order valence-corrected chi connectivity index (χ2v) is 8.01. The first-order valence-electron chi connectivity index (χ1n) is 9.85. The maximum absolute atomic E-state index is 12.9. The SMILES string of the molecule is C=CCC(=O)N1C[C@@H]2CCN(C(=O)CN3C(=O)NC4(CCOCC4)C3=O)[C@@H]2C1. The number of rotatable bonds is 4. The molecule has 0 bridgehead atoms. The van der Waals surface area contributed by atoms with Gasteiger partial charge in [0.05, 0.1) is 6.04 Å². The Labute approximate surface area is 163 Å². The summed E-state index contributed by atoms with van der Waals surface area (Å²) >= 11 is 0. The van der Waals surface area contributed by atoms with Crippen molar-refractivity contribution in [1.82, 2.24) is 20.0 Å². The average Bonchev–Trinajstić information content (AvgIpc) is 3.32. The van der Waals surface area contributed by atoms with Crippen LogP contribution in [0.1, 0.15) is 25.7 Å². The molecule has 1 N–H and O–H groups in total. The minimum atomic E-state index is -0.926. The molecule has 0 saturated carbocycles. The molecule has 28 heavy (non-hydrogen) atoms. The summed E-state index contributed by atoms with van der Waals surface area (Å²) in [6.07, 6.45) is 3.56. The molecule has 4 saturated heterocycles. The van der Waals surface area contributed by atoms with E-state index in [2.05, 4.69) is 11.9 Å². The second kappa shape index (κ2) is 7.20. The van der Waals surface area contributed by atoms with E-state index in [4.69, 9.17) is 4.74 Å². The van der Waals surface area contributed by atoms with E-state index in [1.165, 1.54) is 0 Å². The van der Waals surface area contributed by atoms with Gasteiger partial charge in [-0.05, 0) is 6.42 Å². The number of hydrogen-bond donors (Lipinski definition) is 1. The van der Waals surface area contributed by atoms with Crippen molar-refractivity contribution in [3.8, 4) is 0 Å². The Morgan fingerprint density at radius 2 is 1.96 bits per heavy atom. The summed E-state index contributed by atoms with van der Waals surface area (Å²) in [5.74, 6) is -0.299. The zero-order valence-corrected chi connectivity index (χ0v) is 15.9. The zero-order valence-electron chi connectivity index (χ0n) is 15.9. The lowest BCUT2D eigenvalue weighted by Gasteiger charge is -2.30. The van der Waals surface area contributed by atoms with E-state index in [0.29, 0.717) is 52.1 Å². The molecule has 0 unspecified atom stereocenters. The Hall–Kier alpha value is -2.42. The summed E-state index contributed by atoms with van der Waals surface area (Å²) < 4.78 is 5.30. The number of urea groups is 1. The van der Waals surface area contributed by atoms with E-state index in [1.807, 2.05) is 0 Å². The van der Waals surface area contributed by atoms with Crippen LogP contribution < -0.4 is 5.32 Å². The van der Waals surface area contributed by atoms with E-state index in [-0.39, 0.29) is 36.2 Å². The highest BCUT2D eigenvalue weighted by atomic mass is 16.5. The highest BCUT2D eigenvalue weighted by Gasteiger charge is 2.53. The van der Waals surface area contributed by atoms with E-state index in [0.717, 1.165) is 11.3 Å². The van der Waals surface area contributed by atoms with Crippen LogP contribution in [0.15, 0.2) is 12.7 Å². The standard InChI is InChI=1S/C19H26N4O5/c1-2-3-15(24)21-10-13-4-7-22(14(13)11-21)16(25)12-23-17(26)19(20-18(23)27)5-8-28-9-6-19/h2,13-14H,1,3-12H2,(H,20,27)/t13-,14+/m0/s1. The monoisotopic (exact) mass is 390 g/mol. The molecule has 0 aromatic carbocycles. The Balaban J connectivity index is 1.40. The number of nitrogens with zero attached hydrogens (tertiary/aromatic N) is 3. The van der Waals surface area contributed by atoms with Gasteiger partial charge in [-0.1, -0.05) is 6.08 Å². The maximum atomic E-state index is 12.9. The van der Waals surface area contributed by atoms with Gasteiger partial charge in [0.15, 0.2) is 0 Å². The Morgan fingerprint density at radius 3 is 2.68 bits per heavy atom. The molecular weight excluding hydrogens is 364 g/mol. The summed E-state index contributed by atoms with van der Waals surface area (Å²) in [5.41, 5.74) is -0.926. The van der Waals surface area contributed by atoms with E-state index in [9.17, 15) is 19.2 Å². The fourth-order valence-electron chi connectivity index (χ4n) is 4.83. The molecule has 0 aliphatic carbocycles. The minimum absolute atomic E-state index is 0.0207. The molecule has 0 aromatic rings. The molecule has 0 aromatic heterocycles. The molecule has 4 fully saturated rings. The highest BCUT2D eigenvalue weighted by molar-refractivity contribution is 6.09. The molecule has 4 heterocycles. The fraction of sp³-hybridized carbons (Fsp3) is 0.684. The number of imide groups is 1. The van der Waals surface area contributed by atoms with Crippen LogP contribution in [-0.4, -0.2) is 89.4 Å². The van der Waals surface area contributed by atoms with Crippen molar-refractivity contribution in [2.24, 2.45) is 5.92 Å². The first-order valence-corrected chi connectivity index (χ1v) is 9.85. The molecule has 4 aliphatic heterocycles. The van der Waals surface area contributed by atoms with E-state index < -0.39 is 11.6 Å². The summed E-state index contributed by atoms with van der Waals surface area (Å²) in [5, 5.41) is 2.77. The largest absolute Gasteiger partial charge is 0.381 e. The van der Waals surface area contributed by atoms with Crippen LogP contribution in [0.2, 0.25) is 0 Å². The molecular formula is C19H26N4O5. The Bertz CT molecular complexity index is 717. The first-order chi connectivity index (χ1) is 13.4. The number of ether oxygens (including phenoxy) is 1. The van der Waals surface area contributed by atoms with Crippen molar-refractivity contribution in [1.29, 1.82) is 0 Å². The third kappa shape index (κ3) is 3.07. The lowest BCUT2D eigenvalue weighted by molar-refractivity contribution is -0.141. The number of carbonyl (C=O) groups is 4.